The van der Waals surface area contributed by atoms with Crippen molar-refractivity contribution in [2.24, 2.45) is 0 Å². The number of aryl methyl sites for hydroxylation is 1. The SMILES string of the molecule is CCNc1ncc(Cl)c(Nc2cc(C)cc(Br)c2)n1. The number of rotatable bonds is 4. The molecule has 1 aromatic heterocycles. The molecule has 0 fully saturated rings. The fraction of sp³-hybridized carbons (Fsp3) is 0.231. The lowest BCUT2D eigenvalue weighted by atomic mass is 10.2. The number of nitrogens with one attached hydrogen (secondary N) is 2. The summed E-state index contributed by atoms with van der Waals surface area (Å²) < 4.78 is 1.01. The van der Waals surface area contributed by atoms with Gasteiger partial charge in [0.2, 0.25) is 5.95 Å². The molecule has 0 aliphatic rings. The summed E-state index contributed by atoms with van der Waals surface area (Å²) in [5.41, 5.74) is 2.07. The van der Waals surface area contributed by atoms with Gasteiger partial charge in [-0.25, -0.2) is 4.98 Å². The molecular weight excluding hydrogens is 328 g/mol. The molecule has 1 aromatic carbocycles. The molecule has 2 aromatic rings. The van der Waals surface area contributed by atoms with Gasteiger partial charge in [0, 0.05) is 16.7 Å². The van der Waals surface area contributed by atoms with E-state index in [1.807, 2.05) is 32.0 Å². The minimum atomic E-state index is 0.485. The quantitative estimate of drug-likeness (QED) is 0.866. The second kappa shape index (κ2) is 6.21. The standard InChI is InChI=1S/C13H14BrClN4/c1-3-16-13-17-7-11(15)12(19-13)18-10-5-8(2)4-9(14)6-10/h4-7H,3H2,1-2H3,(H2,16,17,18,19). The van der Waals surface area contributed by atoms with E-state index in [0.717, 1.165) is 22.3 Å². The van der Waals surface area contributed by atoms with Crippen molar-refractivity contribution >= 4 is 45.0 Å². The highest BCUT2D eigenvalue weighted by Gasteiger charge is 2.06. The molecule has 1 heterocycles. The van der Waals surface area contributed by atoms with E-state index >= 15 is 0 Å². The molecule has 0 radical (unpaired) electrons. The Bertz CT molecular complexity index is 569. The molecule has 0 amide bonds. The zero-order valence-electron chi connectivity index (χ0n) is 10.7. The number of benzene rings is 1. The minimum Gasteiger partial charge on any atom is -0.354 e. The van der Waals surface area contributed by atoms with Gasteiger partial charge in [-0.1, -0.05) is 27.5 Å². The van der Waals surface area contributed by atoms with Crippen molar-refractivity contribution in [1.29, 1.82) is 0 Å². The van der Waals surface area contributed by atoms with E-state index < -0.39 is 0 Å². The summed E-state index contributed by atoms with van der Waals surface area (Å²) in [7, 11) is 0. The van der Waals surface area contributed by atoms with E-state index in [2.05, 4.69) is 36.5 Å². The maximum atomic E-state index is 6.10. The minimum absolute atomic E-state index is 0.485. The van der Waals surface area contributed by atoms with Gasteiger partial charge in [-0.05, 0) is 37.6 Å². The van der Waals surface area contributed by atoms with E-state index in [4.69, 9.17) is 11.6 Å². The van der Waals surface area contributed by atoms with Gasteiger partial charge < -0.3 is 10.6 Å². The average molecular weight is 342 g/mol. The fourth-order valence-electron chi connectivity index (χ4n) is 1.64. The third kappa shape index (κ3) is 3.81. The summed E-state index contributed by atoms with van der Waals surface area (Å²) >= 11 is 9.56. The van der Waals surface area contributed by atoms with Gasteiger partial charge >= 0.3 is 0 Å². The summed E-state index contributed by atoms with van der Waals surface area (Å²) in [6.07, 6.45) is 1.58. The molecule has 0 saturated heterocycles. The highest BCUT2D eigenvalue weighted by molar-refractivity contribution is 9.10. The van der Waals surface area contributed by atoms with Crippen molar-refractivity contribution in [3.63, 3.8) is 0 Å². The van der Waals surface area contributed by atoms with E-state index in [1.54, 1.807) is 6.20 Å². The summed E-state index contributed by atoms with van der Waals surface area (Å²) in [5.74, 6) is 1.14. The Kier molecular flexibility index (Phi) is 4.61. The molecule has 19 heavy (non-hydrogen) atoms. The summed E-state index contributed by atoms with van der Waals surface area (Å²) in [4.78, 5) is 8.44. The van der Waals surface area contributed by atoms with Crippen molar-refractivity contribution in [3.05, 3.63) is 39.5 Å². The highest BCUT2D eigenvalue weighted by Crippen LogP contribution is 2.26. The highest BCUT2D eigenvalue weighted by atomic mass is 79.9. The molecule has 2 N–H and O–H groups in total. The Morgan fingerprint density at radius 3 is 2.79 bits per heavy atom. The van der Waals surface area contributed by atoms with Gasteiger partial charge in [-0.3, -0.25) is 0 Å². The lowest BCUT2D eigenvalue weighted by molar-refractivity contribution is 1.09. The Morgan fingerprint density at radius 2 is 2.11 bits per heavy atom. The number of halogens is 2. The maximum Gasteiger partial charge on any atom is 0.224 e. The van der Waals surface area contributed by atoms with Crippen LogP contribution in [-0.4, -0.2) is 16.5 Å². The van der Waals surface area contributed by atoms with Gasteiger partial charge in [-0.15, -0.1) is 0 Å². The van der Waals surface area contributed by atoms with Crippen LogP contribution in [0.15, 0.2) is 28.9 Å². The van der Waals surface area contributed by atoms with Crippen molar-refractivity contribution < 1.29 is 0 Å². The predicted molar refractivity (Wildman–Crippen MR) is 83.4 cm³/mol. The van der Waals surface area contributed by atoms with Crippen LogP contribution in [0.5, 0.6) is 0 Å². The number of hydrogen-bond acceptors (Lipinski definition) is 4. The van der Waals surface area contributed by atoms with Crippen LogP contribution < -0.4 is 10.6 Å². The van der Waals surface area contributed by atoms with Gasteiger partial charge in [0.1, 0.15) is 5.02 Å². The normalized spacial score (nSPS) is 10.3. The van der Waals surface area contributed by atoms with Crippen molar-refractivity contribution in [2.45, 2.75) is 13.8 Å². The first-order chi connectivity index (χ1) is 9.08. The topological polar surface area (TPSA) is 49.8 Å². The van der Waals surface area contributed by atoms with E-state index in [0.29, 0.717) is 16.8 Å². The number of anilines is 3. The first kappa shape index (κ1) is 14.1. The van der Waals surface area contributed by atoms with Crippen LogP contribution in [0.3, 0.4) is 0 Å². The molecule has 0 spiro atoms. The number of nitrogens with zero attached hydrogens (tertiary/aromatic N) is 2. The fourth-order valence-corrected chi connectivity index (χ4v) is 2.39. The van der Waals surface area contributed by atoms with E-state index in [-0.39, 0.29) is 0 Å². The van der Waals surface area contributed by atoms with Crippen LogP contribution in [0, 0.1) is 6.92 Å². The lowest BCUT2D eigenvalue weighted by Crippen LogP contribution is -2.04. The third-order valence-corrected chi connectivity index (χ3v) is 3.12. The Labute approximate surface area is 125 Å². The average Bonchev–Trinajstić information content (AvgIpc) is 2.32. The zero-order valence-corrected chi connectivity index (χ0v) is 13.0. The van der Waals surface area contributed by atoms with Crippen LogP contribution in [0.1, 0.15) is 12.5 Å². The zero-order chi connectivity index (χ0) is 13.8. The van der Waals surface area contributed by atoms with Crippen molar-refractivity contribution in [1.82, 2.24) is 9.97 Å². The second-order valence-electron chi connectivity index (χ2n) is 4.06. The first-order valence-electron chi connectivity index (χ1n) is 5.89. The molecule has 4 nitrogen and oxygen atoms in total. The van der Waals surface area contributed by atoms with E-state index in [1.165, 1.54) is 0 Å². The van der Waals surface area contributed by atoms with E-state index in [9.17, 15) is 0 Å². The summed E-state index contributed by atoms with van der Waals surface area (Å²) in [6.45, 7) is 4.78. The first-order valence-corrected chi connectivity index (χ1v) is 7.06. The molecule has 0 aliphatic carbocycles. The smallest absolute Gasteiger partial charge is 0.224 e. The molecular formula is C13H14BrClN4. The van der Waals surface area contributed by atoms with Crippen LogP contribution in [0.2, 0.25) is 5.02 Å². The molecule has 6 heteroatoms. The second-order valence-corrected chi connectivity index (χ2v) is 5.39. The molecule has 0 aliphatic heterocycles. The Hall–Kier alpha value is -1.33. The van der Waals surface area contributed by atoms with Crippen LogP contribution in [-0.2, 0) is 0 Å². The molecule has 0 unspecified atom stereocenters. The van der Waals surface area contributed by atoms with Gasteiger partial charge in [0.05, 0.1) is 6.20 Å². The largest absolute Gasteiger partial charge is 0.354 e. The maximum absolute atomic E-state index is 6.10. The summed E-state index contributed by atoms with van der Waals surface area (Å²) in [5, 5.41) is 6.74. The molecule has 0 bridgehead atoms. The predicted octanol–water partition coefficient (Wildman–Crippen LogP) is 4.38. The van der Waals surface area contributed by atoms with Gasteiger partial charge in [0.25, 0.3) is 0 Å². The van der Waals surface area contributed by atoms with Gasteiger partial charge in [-0.2, -0.15) is 4.98 Å². The molecule has 0 atom stereocenters. The number of hydrogen-bond donors (Lipinski definition) is 2. The molecule has 0 saturated carbocycles. The Morgan fingerprint density at radius 1 is 1.32 bits per heavy atom. The molecule has 2 rings (SSSR count). The van der Waals surface area contributed by atoms with Crippen molar-refractivity contribution in [3.8, 4) is 0 Å². The Balaban J connectivity index is 2.28. The molecule has 100 valence electrons. The van der Waals surface area contributed by atoms with Gasteiger partial charge in [0.15, 0.2) is 5.82 Å². The summed E-state index contributed by atoms with van der Waals surface area (Å²) in [6, 6.07) is 6.03. The third-order valence-electron chi connectivity index (χ3n) is 2.38. The van der Waals surface area contributed by atoms with Crippen LogP contribution in [0.4, 0.5) is 17.5 Å². The van der Waals surface area contributed by atoms with Crippen molar-refractivity contribution in [2.75, 3.05) is 17.2 Å². The monoisotopic (exact) mass is 340 g/mol. The van der Waals surface area contributed by atoms with Crippen LogP contribution >= 0.6 is 27.5 Å². The van der Waals surface area contributed by atoms with Crippen LogP contribution in [0.25, 0.3) is 0 Å². The lowest BCUT2D eigenvalue weighted by Gasteiger charge is -2.10. The number of aromatic nitrogens is 2.